The standard InChI is InChI=1S/C16H27NO/c1-6-8-10-16(4,9-7-2)14-12-17-15(18-5)11-13(14)3/h11-12H,6-10H2,1-5H3. The van der Waals surface area contributed by atoms with Gasteiger partial charge in [-0.25, -0.2) is 4.98 Å². The highest BCUT2D eigenvalue weighted by molar-refractivity contribution is 5.34. The van der Waals surface area contributed by atoms with Gasteiger partial charge in [0.15, 0.2) is 0 Å². The summed E-state index contributed by atoms with van der Waals surface area (Å²) < 4.78 is 5.19. The summed E-state index contributed by atoms with van der Waals surface area (Å²) in [6.07, 6.45) is 8.23. The monoisotopic (exact) mass is 249 g/mol. The van der Waals surface area contributed by atoms with E-state index in [-0.39, 0.29) is 5.41 Å². The van der Waals surface area contributed by atoms with Gasteiger partial charge in [-0.15, -0.1) is 0 Å². The Kier molecular flexibility index (Phi) is 5.64. The summed E-state index contributed by atoms with van der Waals surface area (Å²) in [5, 5.41) is 0. The van der Waals surface area contributed by atoms with Crippen LogP contribution in [0.1, 0.15) is 64.0 Å². The van der Waals surface area contributed by atoms with Gasteiger partial charge in [-0.2, -0.15) is 0 Å². The Morgan fingerprint density at radius 1 is 1.22 bits per heavy atom. The van der Waals surface area contributed by atoms with E-state index in [4.69, 9.17) is 4.74 Å². The molecule has 1 rings (SSSR count). The fourth-order valence-electron chi connectivity index (χ4n) is 2.79. The summed E-state index contributed by atoms with van der Waals surface area (Å²) in [7, 11) is 1.67. The van der Waals surface area contributed by atoms with Crippen LogP contribution in [-0.4, -0.2) is 12.1 Å². The van der Waals surface area contributed by atoms with Crippen LogP contribution in [0.15, 0.2) is 12.3 Å². The Bertz CT molecular complexity index is 375. The Labute approximate surface area is 112 Å². The molecular weight excluding hydrogens is 222 g/mol. The van der Waals surface area contributed by atoms with Gasteiger partial charge in [-0.3, -0.25) is 0 Å². The first-order chi connectivity index (χ1) is 8.57. The molecule has 0 spiro atoms. The molecule has 0 aliphatic heterocycles. The molecule has 0 saturated heterocycles. The molecule has 0 saturated carbocycles. The van der Waals surface area contributed by atoms with Crippen molar-refractivity contribution >= 4 is 0 Å². The number of hydrogen-bond donors (Lipinski definition) is 0. The summed E-state index contributed by atoms with van der Waals surface area (Å²) in [6, 6.07) is 2.05. The number of ether oxygens (including phenoxy) is 1. The highest BCUT2D eigenvalue weighted by Gasteiger charge is 2.27. The van der Waals surface area contributed by atoms with Gasteiger partial charge in [0.2, 0.25) is 5.88 Å². The average Bonchev–Trinajstić information content (AvgIpc) is 2.36. The van der Waals surface area contributed by atoms with Crippen LogP contribution >= 0.6 is 0 Å². The summed E-state index contributed by atoms with van der Waals surface area (Å²) in [5.74, 6) is 0.714. The van der Waals surface area contributed by atoms with Crippen molar-refractivity contribution in [3.05, 3.63) is 23.4 Å². The molecular formula is C16H27NO. The van der Waals surface area contributed by atoms with Crippen LogP contribution in [0, 0.1) is 6.92 Å². The molecule has 0 aromatic carbocycles. The van der Waals surface area contributed by atoms with E-state index in [0.29, 0.717) is 5.88 Å². The molecule has 0 aliphatic rings. The van der Waals surface area contributed by atoms with E-state index in [0.717, 1.165) is 0 Å². The average molecular weight is 249 g/mol. The van der Waals surface area contributed by atoms with Crippen LogP contribution in [0.2, 0.25) is 0 Å². The van der Waals surface area contributed by atoms with Crippen molar-refractivity contribution in [2.45, 2.75) is 65.2 Å². The molecule has 0 aliphatic carbocycles. The lowest BCUT2D eigenvalue weighted by Crippen LogP contribution is -2.23. The summed E-state index contributed by atoms with van der Waals surface area (Å²) in [6.45, 7) is 9.06. The number of pyridine rings is 1. The quantitative estimate of drug-likeness (QED) is 0.702. The van der Waals surface area contributed by atoms with Crippen LogP contribution in [0.4, 0.5) is 0 Å². The Hall–Kier alpha value is -1.05. The minimum Gasteiger partial charge on any atom is -0.481 e. The van der Waals surface area contributed by atoms with Crippen LogP contribution in [0.25, 0.3) is 0 Å². The van der Waals surface area contributed by atoms with E-state index in [1.807, 2.05) is 6.20 Å². The molecule has 1 aromatic rings. The predicted molar refractivity (Wildman–Crippen MR) is 77.3 cm³/mol. The molecule has 1 atom stereocenters. The van der Waals surface area contributed by atoms with Crippen molar-refractivity contribution < 1.29 is 4.74 Å². The molecule has 102 valence electrons. The fraction of sp³-hybridized carbons (Fsp3) is 0.688. The molecule has 1 heterocycles. The highest BCUT2D eigenvalue weighted by Crippen LogP contribution is 2.36. The fourth-order valence-corrected chi connectivity index (χ4v) is 2.79. The molecule has 2 heteroatoms. The third-order valence-electron chi connectivity index (χ3n) is 3.83. The molecule has 0 radical (unpaired) electrons. The minimum atomic E-state index is 0.258. The summed E-state index contributed by atoms with van der Waals surface area (Å²) in [4.78, 5) is 4.39. The first kappa shape index (κ1) is 15.0. The lowest BCUT2D eigenvalue weighted by atomic mass is 9.74. The van der Waals surface area contributed by atoms with Crippen molar-refractivity contribution in [1.82, 2.24) is 4.98 Å². The maximum atomic E-state index is 5.19. The molecule has 1 aromatic heterocycles. The van der Waals surface area contributed by atoms with Gasteiger partial charge in [0.25, 0.3) is 0 Å². The smallest absolute Gasteiger partial charge is 0.213 e. The number of methoxy groups -OCH3 is 1. The van der Waals surface area contributed by atoms with E-state index in [1.54, 1.807) is 7.11 Å². The second kappa shape index (κ2) is 6.77. The highest BCUT2D eigenvalue weighted by atomic mass is 16.5. The number of nitrogens with zero attached hydrogens (tertiary/aromatic N) is 1. The van der Waals surface area contributed by atoms with Crippen molar-refractivity contribution in [2.75, 3.05) is 7.11 Å². The van der Waals surface area contributed by atoms with Crippen molar-refractivity contribution in [3.8, 4) is 5.88 Å². The first-order valence-corrected chi connectivity index (χ1v) is 7.08. The summed E-state index contributed by atoms with van der Waals surface area (Å²) >= 11 is 0. The van der Waals surface area contributed by atoms with Gasteiger partial charge >= 0.3 is 0 Å². The topological polar surface area (TPSA) is 22.1 Å². The van der Waals surface area contributed by atoms with E-state index < -0.39 is 0 Å². The third-order valence-corrected chi connectivity index (χ3v) is 3.83. The molecule has 0 fully saturated rings. The molecule has 0 N–H and O–H groups in total. The Morgan fingerprint density at radius 3 is 2.44 bits per heavy atom. The third kappa shape index (κ3) is 3.47. The Balaban J connectivity index is 3.04. The van der Waals surface area contributed by atoms with Crippen LogP contribution < -0.4 is 4.74 Å². The van der Waals surface area contributed by atoms with Gasteiger partial charge in [0, 0.05) is 12.3 Å². The zero-order valence-electron chi connectivity index (χ0n) is 12.5. The lowest BCUT2D eigenvalue weighted by molar-refractivity contribution is 0.373. The number of rotatable bonds is 7. The van der Waals surface area contributed by atoms with Crippen molar-refractivity contribution in [1.29, 1.82) is 0 Å². The second-order valence-electron chi connectivity index (χ2n) is 5.46. The normalized spacial score (nSPS) is 14.3. The molecule has 0 amide bonds. The van der Waals surface area contributed by atoms with E-state index >= 15 is 0 Å². The van der Waals surface area contributed by atoms with Gasteiger partial charge in [0.05, 0.1) is 7.11 Å². The Morgan fingerprint density at radius 2 is 1.94 bits per heavy atom. The summed E-state index contributed by atoms with van der Waals surface area (Å²) in [5.41, 5.74) is 2.95. The van der Waals surface area contributed by atoms with Crippen molar-refractivity contribution in [3.63, 3.8) is 0 Å². The first-order valence-electron chi connectivity index (χ1n) is 7.08. The van der Waals surface area contributed by atoms with Gasteiger partial charge < -0.3 is 4.74 Å². The van der Waals surface area contributed by atoms with Crippen LogP contribution in [-0.2, 0) is 5.41 Å². The van der Waals surface area contributed by atoms with Gasteiger partial charge in [-0.1, -0.05) is 40.0 Å². The maximum Gasteiger partial charge on any atom is 0.213 e. The van der Waals surface area contributed by atoms with Gasteiger partial charge in [0.1, 0.15) is 0 Å². The van der Waals surface area contributed by atoms with E-state index in [2.05, 4.69) is 38.7 Å². The number of aryl methyl sites for hydroxylation is 1. The van der Waals surface area contributed by atoms with E-state index in [9.17, 15) is 0 Å². The zero-order valence-corrected chi connectivity index (χ0v) is 12.5. The second-order valence-corrected chi connectivity index (χ2v) is 5.46. The minimum absolute atomic E-state index is 0.258. The van der Waals surface area contributed by atoms with Gasteiger partial charge in [-0.05, 0) is 36.3 Å². The maximum absolute atomic E-state index is 5.19. The van der Waals surface area contributed by atoms with Crippen LogP contribution in [0.3, 0.4) is 0 Å². The number of hydrogen-bond acceptors (Lipinski definition) is 2. The SMILES string of the molecule is CCCCC(C)(CCC)c1cnc(OC)cc1C. The molecule has 2 nitrogen and oxygen atoms in total. The molecule has 18 heavy (non-hydrogen) atoms. The largest absolute Gasteiger partial charge is 0.481 e. The zero-order chi connectivity index (χ0) is 13.6. The van der Waals surface area contributed by atoms with Crippen LogP contribution in [0.5, 0.6) is 5.88 Å². The predicted octanol–water partition coefficient (Wildman–Crippen LogP) is 4.65. The van der Waals surface area contributed by atoms with Crippen molar-refractivity contribution in [2.24, 2.45) is 0 Å². The lowest BCUT2D eigenvalue weighted by Gasteiger charge is -2.31. The number of aromatic nitrogens is 1. The number of unbranched alkanes of at least 4 members (excludes halogenated alkanes) is 1. The molecule has 1 unspecified atom stereocenters. The van der Waals surface area contributed by atoms with E-state index in [1.165, 1.54) is 43.2 Å². The molecule has 0 bridgehead atoms.